The van der Waals surface area contributed by atoms with Crippen molar-refractivity contribution in [2.24, 2.45) is 23.5 Å². The molecule has 3 unspecified atom stereocenters. The Labute approximate surface area is 139 Å². The fourth-order valence-corrected chi connectivity index (χ4v) is 3.45. The van der Waals surface area contributed by atoms with Crippen molar-refractivity contribution in [1.82, 2.24) is 15.5 Å². The van der Waals surface area contributed by atoms with Crippen molar-refractivity contribution in [2.45, 2.75) is 39.2 Å². The SMILES string of the molecule is CC(C)CNC(=O)NC(=O)CN1CC2CCCC(N)C2C1.Cl. The molecule has 1 saturated heterocycles. The van der Waals surface area contributed by atoms with E-state index in [1.807, 2.05) is 13.8 Å². The van der Waals surface area contributed by atoms with Gasteiger partial charge in [-0.2, -0.15) is 0 Å². The number of fused-ring (bicyclic) bond motifs is 1. The van der Waals surface area contributed by atoms with Crippen LogP contribution >= 0.6 is 12.4 Å². The van der Waals surface area contributed by atoms with E-state index >= 15 is 0 Å². The Balaban J connectivity index is 0.00000242. The minimum Gasteiger partial charge on any atom is -0.338 e. The molecule has 0 bridgehead atoms. The highest BCUT2D eigenvalue weighted by molar-refractivity contribution is 5.95. The predicted molar refractivity (Wildman–Crippen MR) is 88.9 cm³/mol. The van der Waals surface area contributed by atoms with Crippen LogP contribution < -0.4 is 16.4 Å². The molecular formula is C15H29ClN4O2. The summed E-state index contributed by atoms with van der Waals surface area (Å²) >= 11 is 0. The van der Waals surface area contributed by atoms with Crippen LogP contribution in [-0.4, -0.2) is 49.1 Å². The van der Waals surface area contributed by atoms with Crippen molar-refractivity contribution >= 4 is 24.3 Å². The van der Waals surface area contributed by atoms with E-state index < -0.39 is 6.03 Å². The van der Waals surface area contributed by atoms with E-state index in [0.717, 1.165) is 19.5 Å². The van der Waals surface area contributed by atoms with Gasteiger partial charge in [0.05, 0.1) is 6.54 Å². The van der Waals surface area contributed by atoms with Crippen LogP contribution in [0.5, 0.6) is 0 Å². The highest BCUT2D eigenvalue weighted by atomic mass is 35.5. The van der Waals surface area contributed by atoms with Crippen LogP contribution in [0.15, 0.2) is 0 Å². The first-order valence-electron chi connectivity index (χ1n) is 8.01. The number of nitrogens with one attached hydrogen (secondary N) is 2. The van der Waals surface area contributed by atoms with Gasteiger partial charge in [-0.05, 0) is 30.6 Å². The Morgan fingerprint density at radius 3 is 2.64 bits per heavy atom. The molecule has 1 saturated carbocycles. The molecule has 0 aromatic heterocycles. The van der Waals surface area contributed by atoms with Crippen molar-refractivity contribution < 1.29 is 9.59 Å². The van der Waals surface area contributed by atoms with Gasteiger partial charge in [0.25, 0.3) is 0 Å². The van der Waals surface area contributed by atoms with Crippen LogP contribution in [0.2, 0.25) is 0 Å². The molecule has 1 aliphatic heterocycles. The van der Waals surface area contributed by atoms with Crippen LogP contribution in [0.3, 0.4) is 0 Å². The molecule has 2 aliphatic rings. The number of hydrogen-bond acceptors (Lipinski definition) is 4. The van der Waals surface area contributed by atoms with Gasteiger partial charge in [0.1, 0.15) is 0 Å². The molecule has 3 amide bonds. The van der Waals surface area contributed by atoms with Crippen molar-refractivity contribution in [1.29, 1.82) is 0 Å². The smallest absolute Gasteiger partial charge is 0.321 e. The quantitative estimate of drug-likeness (QED) is 0.715. The number of hydrogen-bond donors (Lipinski definition) is 3. The number of halogens is 1. The van der Waals surface area contributed by atoms with E-state index in [2.05, 4.69) is 15.5 Å². The summed E-state index contributed by atoms with van der Waals surface area (Å²) in [7, 11) is 0. The van der Waals surface area contributed by atoms with Gasteiger partial charge in [0.2, 0.25) is 5.91 Å². The Morgan fingerprint density at radius 2 is 2.00 bits per heavy atom. The number of likely N-dealkylation sites (tertiary alicyclic amines) is 1. The van der Waals surface area contributed by atoms with E-state index in [4.69, 9.17) is 5.73 Å². The third-order valence-corrected chi connectivity index (χ3v) is 4.52. The zero-order valence-corrected chi connectivity index (χ0v) is 14.3. The third-order valence-electron chi connectivity index (χ3n) is 4.52. The largest absolute Gasteiger partial charge is 0.338 e. The Morgan fingerprint density at radius 1 is 1.27 bits per heavy atom. The lowest BCUT2D eigenvalue weighted by Crippen LogP contribution is -2.45. The topological polar surface area (TPSA) is 87.5 Å². The first-order valence-corrected chi connectivity index (χ1v) is 8.01. The van der Waals surface area contributed by atoms with Crippen molar-refractivity contribution in [2.75, 3.05) is 26.2 Å². The fourth-order valence-electron chi connectivity index (χ4n) is 3.45. The number of nitrogens with zero attached hydrogens (tertiary/aromatic N) is 1. The van der Waals surface area contributed by atoms with Gasteiger partial charge in [-0.1, -0.05) is 20.3 Å². The molecule has 0 aromatic rings. The second-order valence-electron chi connectivity index (χ2n) is 6.86. The Bertz CT molecular complexity index is 392. The highest BCUT2D eigenvalue weighted by Gasteiger charge is 2.39. The van der Waals surface area contributed by atoms with E-state index in [1.165, 1.54) is 12.8 Å². The molecule has 3 atom stereocenters. The number of amides is 3. The van der Waals surface area contributed by atoms with Crippen molar-refractivity contribution in [3.63, 3.8) is 0 Å². The summed E-state index contributed by atoms with van der Waals surface area (Å²) in [5, 5.41) is 5.08. The summed E-state index contributed by atoms with van der Waals surface area (Å²) in [6, 6.07) is -0.131. The van der Waals surface area contributed by atoms with Gasteiger partial charge in [-0.3, -0.25) is 15.0 Å². The molecular weight excluding hydrogens is 304 g/mol. The molecule has 128 valence electrons. The Hall–Kier alpha value is -0.850. The lowest BCUT2D eigenvalue weighted by atomic mass is 9.78. The van der Waals surface area contributed by atoms with Crippen molar-refractivity contribution in [3.05, 3.63) is 0 Å². The number of nitrogens with two attached hydrogens (primary N) is 1. The first kappa shape index (κ1) is 19.2. The lowest BCUT2D eigenvalue weighted by molar-refractivity contribution is -0.121. The van der Waals surface area contributed by atoms with Crippen LogP contribution in [0.1, 0.15) is 33.1 Å². The minimum atomic E-state index is -0.401. The normalized spacial score (nSPS) is 27.9. The van der Waals surface area contributed by atoms with Gasteiger partial charge < -0.3 is 11.1 Å². The minimum absolute atomic E-state index is 0. The second kappa shape index (κ2) is 8.70. The maximum Gasteiger partial charge on any atom is 0.321 e. The Kier molecular flexibility index (Phi) is 7.59. The summed E-state index contributed by atoms with van der Waals surface area (Å²) in [6.07, 6.45) is 3.50. The molecule has 1 aliphatic carbocycles. The van der Waals surface area contributed by atoms with Gasteiger partial charge in [-0.25, -0.2) is 4.79 Å². The number of urea groups is 1. The van der Waals surface area contributed by atoms with E-state index in [-0.39, 0.29) is 30.9 Å². The lowest BCUT2D eigenvalue weighted by Gasteiger charge is -2.29. The van der Waals surface area contributed by atoms with Crippen LogP contribution in [0, 0.1) is 17.8 Å². The highest BCUT2D eigenvalue weighted by Crippen LogP contribution is 2.35. The fraction of sp³-hybridized carbons (Fsp3) is 0.867. The van der Waals surface area contributed by atoms with Crippen molar-refractivity contribution in [3.8, 4) is 0 Å². The monoisotopic (exact) mass is 332 g/mol. The van der Waals surface area contributed by atoms with Gasteiger partial charge >= 0.3 is 6.03 Å². The number of carbonyl (C=O) groups excluding carboxylic acids is 2. The zero-order valence-electron chi connectivity index (χ0n) is 13.5. The average molecular weight is 333 g/mol. The molecule has 0 aromatic carbocycles. The molecule has 4 N–H and O–H groups in total. The van der Waals surface area contributed by atoms with Gasteiger partial charge in [0.15, 0.2) is 0 Å². The summed E-state index contributed by atoms with van der Waals surface area (Å²) in [5.41, 5.74) is 6.17. The first-order chi connectivity index (χ1) is 9.95. The summed E-state index contributed by atoms with van der Waals surface area (Å²) < 4.78 is 0. The maximum absolute atomic E-state index is 11.9. The summed E-state index contributed by atoms with van der Waals surface area (Å²) in [4.78, 5) is 25.6. The van der Waals surface area contributed by atoms with E-state index in [1.54, 1.807) is 0 Å². The summed E-state index contributed by atoms with van der Waals surface area (Å²) in [6.45, 7) is 6.69. The molecule has 22 heavy (non-hydrogen) atoms. The third kappa shape index (κ3) is 5.41. The molecule has 7 heteroatoms. The zero-order chi connectivity index (χ0) is 15.4. The summed E-state index contributed by atoms with van der Waals surface area (Å²) in [5.74, 6) is 1.27. The van der Waals surface area contributed by atoms with E-state index in [9.17, 15) is 9.59 Å². The number of imide groups is 1. The molecule has 1 heterocycles. The van der Waals surface area contributed by atoms with E-state index in [0.29, 0.717) is 24.3 Å². The van der Waals surface area contributed by atoms with Gasteiger partial charge in [0, 0.05) is 25.7 Å². The molecule has 6 nitrogen and oxygen atoms in total. The van der Waals surface area contributed by atoms with Gasteiger partial charge in [-0.15, -0.1) is 12.4 Å². The van der Waals surface area contributed by atoms with Crippen LogP contribution in [0.25, 0.3) is 0 Å². The molecule has 0 spiro atoms. The van der Waals surface area contributed by atoms with Crippen LogP contribution in [0.4, 0.5) is 4.79 Å². The maximum atomic E-state index is 11.9. The van der Waals surface area contributed by atoms with Crippen LogP contribution in [-0.2, 0) is 4.79 Å². The molecule has 0 radical (unpaired) electrons. The molecule has 2 rings (SSSR count). The average Bonchev–Trinajstić information content (AvgIpc) is 2.80. The number of rotatable bonds is 4. The molecule has 2 fully saturated rings. The standard InChI is InChI=1S/C15H28N4O2.ClH/c1-10(2)6-17-15(21)18-14(20)9-19-7-11-4-3-5-13(16)12(11)8-19;/h10-13H,3-9,16H2,1-2H3,(H2,17,18,20,21);1H. The second-order valence-corrected chi connectivity index (χ2v) is 6.86. The predicted octanol–water partition coefficient (Wildman–Crippen LogP) is 0.949. The number of carbonyl (C=O) groups is 2.